The fraction of sp³-hybridized carbons (Fsp3) is 0.458. The van der Waals surface area contributed by atoms with E-state index in [0.29, 0.717) is 30.6 Å². The van der Waals surface area contributed by atoms with E-state index >= 15 is 0 Å². The summed E-state index contributed by atoms with van der Waals surface area (Å²) in [5.41, 5.74) is 1.95. The lowest BCUT2D eigenvalue weighted by molar-refractivity contribution is -0.127. The number of fused-ring (bicyclic) bond motifs is 1. The number of hydrogen-bond donors (Lipinski definition) is 1. The van der Waals surface area contributed by atoms with Crippen molar-refractivity contribution in [2.45, 2.75) is 38.0 Å². The molecule has 2 heterocycles. The third-order valence-electron chi connectivity index (χ3n) is 5.88. The Balaban J connectivity index is 1.22. The molecule has 2 aliphatic rings. The maximum absolute atomic E-state index is 12.5. The summed E-state index contributed by atoms with van der Waals surface area (Å²) >= 11 is 6.02. The number of benzene rings is 2. The van der Waals surface area contributed by atoms with Crippen LogP contribution in [0.3, 0.4) is 0 Å². The van der Waals surface area contributed by atoms with Gasteiger partial charge < -0.3 is 19.5 Å². The van der Waals surface area contributed by atoms with Crippen LogP contribution in [0.15, 0.2) is 42.5 Å². The van der Waals surface area contributed by atoms with Crippen LogP contribution in [-0.2, 0) is 22.5 Å². The van der Waals surface area contributed by atoms with Crippen molar-refractivity contribution in [1.29, 1.82) is 0 Å². The van der Waals surface area contributed by atoms with Gasteiger partial charge in [0, 0.05) is 43.8 Å². The first kappa shape index (κ1) is 21.9. The Bertz CT molecular complexity index is 901. The van der Waals surface area contributed by atoms with Crippen LogP contribution in [0.25, 0.3) is 0 Å². The fourth-order valence-electron chi connectivity index (χ4n) is 4.03. The molecule has 1 N–H and O–H groups in total. The van der Waals surface area contributed by atoms with Crippen LogP contribution < -0.4 is 14.8 Å². The highest BCUT2D eigenvalue weighted by Gasteiger charge is 2.29. The average molecular weight is 445 g/mol. The zero-order valence-corrected chi connectivity index (χ0v) is 18.6. The number of nitrogens with zero attached hydrogens (tertiary/aromatic N) is 1. The fourth-order valence-corrected chi connectivity index (χ4v) is 4.22. The number of likely N-dealkylation sites (N-methyl/N-ethyl adjacent to an activating group) is 1. The Morgan fingerprint density at radius 3 is 2.90 bits per heavy atom. The van der Waals surface area contributed by atoms with Crippen molar-refractivity contribution >= 4 is 17.5 Å². The number of carbonyl (C=O) groups excluding carboxylic acids is 1. The Hall–Kier alpha value is -2.28. The molecule has 166 valence electrons. The molecule has 0 bridgehead atoms. The first-order valence-corrected chi connectivity index (χ1v) is 11.2. The van der Waals surface area contributed by atoms with E-state index in [9.17, 15) is 4.79 Å². The van der Waals surface area contributed by atoms with E-state index in [2.05, 4.69) is 17.3 Å². The first-order chi connectivity index (χ1) is 15.1. The summed E-state index contributed by atoms with van der Waals surface area (Å²) < 4.78 is 17.1. The molecule has 2 aliphatic heterocycles. The van der Waals surface area contributed by atoms with Crippen LogP contribution in [0.5, 0.6) is 11.5 Å². The highest BCUT2D eigenvalue weighted by Crippen LogP contribution is 2.31. The Morgan fingerprint density at radius 2 is 2.06 bits per heavy atom. The standard InChI is InChI=1S/C24H29ClN2O4/c1-27(20-7-10-29-11-8-20)9-12-30-21-4-2-3-17(13-21)16-26-24(28)23-15-18-14-19(25)5-6-22(18)31-23/h2-6,13-14,20,23H,7-12,15-16H2,1H3,(H,26,28). The molecule has 0 saturated carbocycles. The Kier molecular flexibility index (Phi) is 7.33. The predicted octanol–water partition coefficient (Wildman–Crippen LogP) is 3.45. The van der Waals surface area contributed by atoms with E-state index in [1.54, 1.807) is 6.07 Å². The lowest BCUT2D eigenvalue weighted by Crippen LogP contribution is -2.38. The van der Waals surface area contributed by atoms with Gasteiger partial charge in [-0.3, -0.25) is 9.69 Å². The van der Waals surface area contributed by atoms with Crippen molar-refractivity contribution < 1.29 is 19.0 Å². The summed E-state index contributed by atoms with van der Waals surface area (Å²) in [6.45, 7) is 3.61. The third kappa shape index (κ3) is 5.91. The van der Waals surface area contributed by atoms with Crippen LogP contribution in [0.4, 0.5) is 0 Å². The largest absolute Gasteiger partial charge is 0.492 e. The lowest BCUT2D eigenvalue weighted by atomic mass is 10.1. The predicted molar refractivity (Wildman–Crippen MR) is 120 cm³/mol. The first-order valence-electron chi connectivity index (χ1n) is 10.8. The van der Waals surface area contributed by atoms with Gasteiger partial charge in [0.25, 0.3) is 5.91 Å². The molecule has 2 aromatic rings. The van der Waals surface area contributed by atoms with E-state index in [1.807, 2.05) is 36.4 Å². The van der Waals surface area contributed by atoms with Crippen molar-refractivity contribution in [3.8, 4) is 11.5 Å². The molecular weight excluding hydrogens is 416 g/mol. The average Bonchev–Trinajstić information content (AvgIpc) is 3.21. The zero-order valence-electron chi connectivity index (χ0n) is 17.8. The molecule has 0 aromatic heterocycles. The number of ether oxygens (including phenoxy) is 3. The summed E-state index contributed by atoms with van der Waals surface area (Å²) in [5, 5.41) is 3.61. The minimum atomic E-state index is -0.520. The van der Waals surface area contributed by atoms with Gasteiger partial charge in [0.15, 0.2) is 6.10 Å². The molecule has 0 aliphatic carbocycles. The van der Waals surface area contributed by atoms with E-state index in [1.165, 1.54) is 0 Å². The van der Waals surface area contributed by atoms with Crippen molar-refractivity contribution in [3.05, 3.63) is 58.6 Å². The highest BCUT2D eigenvalue weighted by atomic mass is 35.5. The van der Waals surface area contributed by atoms with Gasteiger partial charge >= 0.3 is 0 Å². The smallest absolute Gasteiger partial charge is 0.261 e. The number of amides is 1. The second kappa shape index (κ2) is 10.4. The summed E-state index contributed by atoms with van der Waals surface area (Å²) in [6.07, 6.45) is 2.17. The Labute approximate surface area is 188 Å². The van der Waals surface area contributed by atoms with Crippen molar-refractivity contribution in [3.63, 3.8) is 0 Å². The topological polar surface area (TPSA) is 60.0 Å². The monoisotopic (exact) mass is 444 g/mol. The number of hydrogen-bond acceptors (Lipinski definition) is 5. The molecule has 31 heavy (non-hydrogen) atoms. The van der Waals surface area contributed by atoms with E-state index in [0.717, 1.165) is 55.2 Å². The van der Waals surface area contributed by atoms with E-state index in [4.69, 9.17) is 25.8 Å². The quantitative estimate of drug-likeness (QED) is 0.675. The van der Waals surface area contributed by atoms with E-state index in [-0.39, 0.29) is 5.91 Å². The zero-order chi connectivity index (χ0) is 21.6. The number of rotatable bonds is 8. The van der Waals surface area contributed by atoms with Gasteiger partial charge in [-0.25, -0.2) is 0 Å². The summed E-state index contributed by atoms with van der Waals surface area (Å²) in [6, 6.07) is 13.8. The lowest BCUT2D eigenvalue weighted by Gasteiger charge is -2.31. The van der Waals surface area contributed by atoms with Gasteiger partial charge in [-0.05, 0) is 61.3 Å². The van der Waals surface area contributed by atoms with Crippen LogP contribution in [-0.4, -0.2) is 56.4 Å². The van der Waals surface area contributed by atoms with Gasteiger partial charge in [0.05, 0.1) is 0 Å². The number of nitrogens with one attached hydrogen (secondary N) is 1. The maximum Gasteiger partial charge on any atom is 0.261 e. The minimum Gasteiger partial charge on any atom is -0.492 e. The highest BCUT2D eigenvalue weighted by molar-refractivity contribution is 6.30. The van der Waals surface area contributed by atoms with Gasteiger partial charge in [-0.15, -0.1) is 0 Å². The van der Waals surface area contributed by atoms with Crippen LogP contribution in [0.2, 0.25) is 5.02 Å². The minimum absolute atomic E-state index is 0.128. The molecule has 0 spiro atoms. The molecule has 7 heteroatoms. The molecule has 1 unspecified atom stereocenters. The maximum atomic E-state index is 12.5. The second-order valence-corrected chi connectivity index (χ2v) is 8.54. The molecule has 1 saturated heterocycles. The van der Waals surface area contributed by atoms with Crippen molar-refractivity contribution in [2.24, 2.45) is 0 Å². The molecule has 4 rings (SSSR count). The molecule has 1 amide bonds. The normalized spacial score (nSPS) is 18.5. The van der Waals surface area contributed by atoms with E-state index < -0.39 is 6.10 Å². The summed E-state index contributed by atoms with van der Waals surface area (Å²) in [5.74, 6) is 1.41. The Morgan fingerprint density at radius 1 is 1.23 bits per heavy atom. The van der Waals surface area contributed by atoms with Gasteiger partial charge in [0.2, 0.25) is 0 Å². The van der Waals surface area contributed by atoms with Crippen LogP contribution in [0.1, 0.15) is 24.0 Å². The van der Waals surface area contributed by atoms with Gasteiger partial charge in [-0.1, -0.05) is 23.7 Å². The molecule has 2 aromatic carbocycles. The molecule has 0 radical (unpaired) electrons. The van der Waals surface area contributed by atoms with Crippen molar-refractivity contribution in [2.75, 3.05) is 33.4 Å². The molecule has 1 fully saturated rings. The molecule has 6 nitrogen and oxygen atoms in total. The van der Waals surface area contributed by atoms with Crippen LogP contribution >= 0.6 is 11.6 Å². The SMILES string of the molecule is CN(CCOc1cccc(CNC(=O)C2Cc3cc(Cl)ccc3O2)c1)C1CCOCC1. The number of carbonyl (C=O) groups is 1. The second-order valence-electron chi connectivity index (χ2n) is 8.10. The van der Waals surface area contributed by atoms with Gasteiger partial charge in [-0.2, -0.15) is 0 Å². The summed E-state index contributed by atoms with van der Waals surface area (Å²) in [7, 11) is 2.14. The van der Waals surface area contributed by atoms with Gasteiger partial charge in [0.1, 0.15) is 18.1 Å². The molecule has 1 atom stereocenters. The molecular formula is C24H29ClN2O4. The van der Waals surface area contributed by atoms with Crippen LogP contribution in [0, 0.1) is 0 Å². The summed E-state index contributed by atoms with van der Waals surface area (Å²) in [4.78, 5) is 14.9. The number of halogens is 1. The van der Waals surface area contributed by atoms with Crippen molar-refractivity contribution in [1.82, 2.24) is 10.2 Å². The third-order valence-corrected chi connectivity index (χ3v) is 6.12.